The van der Waals surface area contributed by atoms with Gasteiger partial charge >= 0.3 is 0 Å². The number of allylic oxidation sites excluding steroid dienone is 1. The molecule has 240 valence electrons. The van der Waals surface area contributed by atoms with Crippen LogP contribution in [0.3, 0.4) is 0 Å². The highest BCUT2D eigenvalue weighted by Gasteiger charge is 2.38. The van der Waals surface area contributed by atoms with Gasteiger partial charge in [0, 0.05) is 30.3 Å². The van der Waals surface area contributed by atoms with E-state index in [9.17, 15) is 26.4 Å². The third-order valence-corrected chi connectivity index (χ3v) is 10.8. The van der Waals surface area contributed by atoms with Crippen molar-refractivity contribution in [2.24, 2.45) is 11.8 Å². The van der Waals surface area contributed by atoms with E-state index < -0.39 is 15.8 Å². The van der Waals surface area contributed by atoms with Crippen LogP contribution in [0.25, 0.3) is 11.1 Å². The van der Waals surface area contributed by atoms with Gasteiger partial charge in [-0.05, 0) is 91.6 Å². The largest absolute Gasteiger partial charge is 0.492 e. The monoisotopic (exact) mass is 640 g/mol. The Hall–Kier alpha value is -3.63. The molecule has 1 amide bonds. The number of rotatable bonds is 11. The minimum Gasteiger partial charge on any atom is -0.492 e. The molecule has 1 heterocycles. The Labute approximate surface area is 263 Å². The van der Waals surface area contributed by atoms with E-state index in [4.69, 9.17) is 4.74 Å². The minimum atomic E-state index is -3.76. The van der Waals surface area contributed by atoms with Crippen molar-refractivity contribution >= 4 is 15.7 Å². The predicted octanol–water partition coefficient (Wildman–Crippen LogP) is 7.18. The van der Waals surface area contributed by atoms with Gasteiger partial charge < -0.3 is 10.1 Å². The zero-order valence-electron chi connectivity index (χ0n) is 25.4. The standard InChI is InChI=1S/C35H39F3N2O4S/c1-24(26-7-13-31(36)14-8-26)39-34(41)30-5-3-27(4-6-30)25(2)45(42,43)33-17-11-29(12-18-33)28-9-15-32(16-10-28)44-22-21-40-20-19-35(37,38)23-40/h7-18,24,27,30H,2-6,19-23H2,1H3,(H,39,41)/t24-,27?,30?/m1/s1. The van der Waals surface area contributed by atoms with E-state index in [0.717, 1.165) is 16.7 Å². The molecule has 1 atom stereocenters. The molecule has 0 bridgehead atoms. The third-order valence-electron chi connectivity index (χ3n) is 8.90. The second-order valence-electron chi connectivity index (χ2n) is 12.1. The molecule has 0 spiro atoms. The van der Waals surface area contributed by atoms with Gasteiger partial charge in [0.1, 0.15) is 18.2 Å². The summed E-state index contributed by atoms with van der Waals surface area (Å²) in [4.78, 5) is 14.9. The topological polar surface area (TPSA) is 75.7 Å². The zero-order valence-corrected chi connectivity index (χ0v) is 26.2. The number of carbonyl (C=O) groups excluding carboxylic acids is 1. The summed E-state index contributed by atoms with van der Waals surface area (Å²) in [6, 6.07) is 19.8. The van der Waals surface area contributed by atoms with Crippen LogP contribution in [0.15, 0.2) is 89.2 Å². The molecule has 1 aliphatic carbocycles. The smallest absolute Gasteiger partial charge is 0.261 e. The van der Waals surface area contributed by atoms with Crippen molar-refractivity contribution in [3.05, 3.63) is 95.7 Å². The summed E-state index contributed by atoms with van der Waals surface area (Å²) >= 11 is 0. The number of nitrogens with one attached hydrogen (secondary N) is 1. The molecule has 1 aliphatic heterocycles. The fourth-order valence-corrected chi connectivity index (χ4v) is 7.55. The molecule has 6 nitrogen and oxygen atoms in total. The Kier molecular flexibility index (Phi) is 10.0. The molecular formula is C35H39F3N2O4S. The lowest BCUT2D eigenvalue weighted by Gasteiger charge is -2.29. The molecule has 1 saturated carbocycles. The first-order valence-corrected chi connectivity index (χ1v) is 16.8. The fraction of sp³-hybridized carbons (Fsp3) is 0.400. The minimum absolute atomic E-state index is 0.0802. The van der Waals surface area contributed by atoms with E-state index in [1.165, 1.54) is 12.1 Å². The number of hydrogen-bond donors (Lipinski definition) is 1. The molecule has 3 aromatic carbocycles. The second-order valence-corrected chi connectivity index (χ2v) is 14.1. The number of hydrogen-bond acceptors (Lipinski definition) is 5. The number of alkyl halides is 2. The van der Waals surface area contributed by atoms with Crippen LogP contribution >= 0.6 is 0 Å². The molecule has 0 unspecified atom stereocenters. The number of benzene rings is 3. The maximum atomic E-state index is 13.4. The van der Waals surface area contributed by atoms with Crippen molar-refractivity contribution in [3.63, 3.8) is 0 Å². The van der Waals surface area contributed by atoms with Crippen molar-refractivity contribution in [2.45, 2.75) is 55.9 Å². The molecule has 5 rings (SSSR count). The highest BCUT2D eigenvalue weighted by atomic mass is 32.2. The maximum Gasteiger partial charge on any atom is 0.261 e. The number of sulfone groups is 1. The van der Waals surface area contributed by atoms with Gasteiger partial charge in [-0.3, -0.25) is 9.69 Å². The molecule has 45 heavy (non-hydrogen) atoms. The van der Waals surface area contributed by atoms with Crippen LogP contribution in [0, 0.1) is 17.7 Å². The van der Waals surface area contributed by atoms with Crippen LogP contribution in [0.1, 0.15) is 50.6 Å². The highest BCUT2D eigenvalue weighted by molar-refractivity contribution is 7.95. The van der Waals surface area contributed by atoms with Crippen LogP contribution in [-0.4, -0.2) is 51.4 Å². The second kappa shape index (κ2) is 13.8. The van der Waals surface area contributed by atoms with E-state index in [-0.39, 0.29) is 52.4 Å². The van der Waals surface area contributed by atoms with Crippen molar-refractivity contribution < 1.29 is 31.1 Å². The van der Waals surface area contributed by atoms with Crippen LogP contribution in [-0.2, 0) is 14.6 Å². The molecule has 3 aromatic rings. The van der Waals surface area contributed by atoms with Gasteiger partial charge in [0.25, 0.3) is 5.92 Å². The maximum absolute atomic E-state index is 13.4. The molecular weight excluding hydrogens is 601 g/mol. The molecule has 0 radical (unpaired) electrons. The Morgan fingerprint density at radius 1 is 0.956 bits per heavy atom. The Balaban J connectivity index is 1.11. The Morgan fingerprint density at radius 3 is 2.11 bits per heavy atom. The van der Waals surface area contributed by atoms with Crippen molar-refractivity contribution in [3.8, 4) is 16.9 Å². The van der Waals surface area contributed by atoms with Gasteiger partial charge in [0.2, 0.25) is 15.7 Å². The molecule has 1 saturated heterocycles. The van der Waals surface area contributed by atoms with E-state index >= 15 is 0 Å². The molecule has 2 fully saturated rings. The summed E-state index contributed by atoms with van der Waals surface area (Å²) in [5.74, 6) is -2.84. The molecule has 10 heteroatoms. The summed E-state index contributed by atoms with van der Waals surface area (Å²) < 4.78 is 72.5. The normalized spacial score (nSPS) is 20.8. The summed E-state index contributed by atoms with van der Waals surface area (Å²) in [7, 11) is -3.76. The van der Waals surface area contributed by atoms with Crippen LogP contribution in [0.5, 0.6) is 5.75 Å². The van der Waals surface area contributed by atoms with Crippen molar-refractivity contribution in [1.29, 1.82) is 0 Å². The van der Waals surface area contributed by atoms with E-state index in [0.29, 0.717) is 51.1 Å². The average molecular weight is 641 g/mol. The first-order chi connectivity index (χ1) is 21.4. The molecule has 0 aromatic heterocycles. The Bertz CT molecular complexity index is 1590. The molecule has 1 N–H and O–H groups in total. The van der Waals surface area contributed by atoms with Gasteiger partial charge in [-0.2, -0.15) is 0 Å². The van der Waals surface area contributed by atoms with Gasteiger partial charge in [0.15, 0.2) is 0 Å². The lowest BCUT2D eigenvalue weighted by molar-refractivity contribution is -0.126. The molecule has 2 aliphatic rings. The summed E-state index contributed by atoms with van der Waals surface area (Å²) in [5, 5.41) is 3.00. The number of amides is 1. The zero-order chi connectivity index (χ0) is 32.2. The van der Waals surface area contributed by atoms with Crippen LogP contribution in [0.4, 0.5) is 13.2 Å². The fourth-order valence-electron chi connectivity index (χ4n) is 6.07. The third kappa shape index (κ3) is 8.16. The van der Waals surface area contributed by atoms with Crippen LogP contribution < -0.4 is 10.1 Å². The summed E-state index contributed by atoms with van der Waals surface area (Å²) in [6.45, 7) is 6.72. The summed E-state index contributed by atoms with van der Waals surface area (Å²) in [5.41, 5.74) is 2.54. The van der Waals surface area contributed by atoms with Gasteiger partial charge in [-0.15, -0.1) is 0 Å². The van der Waals surface area contributed by atoms with E-state index in [1.54, 1.807) is 53.4 Å². The first kappa shape index (κ1) is 32.8. The first-order valence-electron chi connectivity index (χ1n) is 15.3. The summed E-state index contributed by atoms with van der Waals surface area (Å²) in [6.07, 6.45) is 2.12. The van der Waals surface area contributed by atoms with Crippen molar-refractivity contribution in [2.75, 3.05) is 26.2 Å². The van der Waals surface area contributed by atoms with E-state index in [1.807, 2.05) is 19.1 Å². The number of ether oxygens (including phenoxy) is 1. The SMILES string of the molecule is C=C(C1CCC(C(=O)N[C@H](C)c2ccc(F)cc2)CC1)S(=O)(=O)c1ccc(-c2ccc(OCCN3CCC(F)(F)C3)cc2)cc1. The number of nitrogens with zero attached hydrogens (tertiary/aromatic N) is 1. The number of carbonyl (C=O) groups is 1. The Morgan fingerprint density at radius 2 is 1.53 bits per heavy atom. The van der Waals surface area contributed by atoms with Crippen molar-refractivity contribution in [1.82, 2.24) is 10.2 Å². The average Bonchev–Trinajstić information content (AvgIpc) is 3.39. The lowest BCUT2D eigenvalue weighted by atomic mass is 9.81. The number of likely N-dealkylation sites (tertiary alicyclic amines) is 1. The van der Waals surface area contributed by atoms with E-state index in [2.05, 4.69) is 11.9 Å². The van der Waals surface area contributed by atoms with Crippen LogP contribution in [0.2, 0.25) is 0 Å². The van der Waals surface area contributed by atoms with Gasteiger partial charge in [-0.25, -0.2) is 21.6 Å². The highest BCUT2D eigenvalue weighted by Crippen LogP contribution is 2.37. The predicted molar refractivity (Wildman–Crippen MR) is 168 cm³/mol. The lowest BCUT2D eigenvalue weighted by Crippen LogP contribution is -2.35. The number of halogens is 3. The van der Waals surface area contributed by atoms with Gasteiger partial charge in [-0.1, -0.05) is 43.0 Å². The van der Waals surface area contributed by atoms with Gasteiger partial charge in [0.05, 0.1) is 17.5 Å². The quantitative estimate of drug-likeness (QED) is 0.240.